The van der Waals surface area contributed by atoms with Gasteiger partial charge >= 0.3 is 0 Å². The maximum Gasteiger partial charge on any atom is 0.257 e. The molecule has 2 fully saturated rings. The standard InChI is InChI=1S/C19H32N4O2/c1-15(2)23-13-16(9-20-23)19(25)22-11-17(18(12-22)14-24)10-21-7-5-3-4-6-8-21/h9,13,15,17-18,24H,3-8,10-12,14H2,1-2H3. The van der Waals surface area contributed by atoms with E-state index in [0.29, 0.717) is 18.0 Å². The van der Waals surface area contributed by atoms with E-state index in [1.54, 1.807) is 6.20 Å². The fourth-order valence-corrected chi connectivity index (χ4v) is 4.08. The van der Waals surface area contributed by atoms with Gasteiger partial charge in [0.05, 0.1) is 11.8 Å². The van der Waals surface area contributed by atoms with E-state index >= 15 is 0 Å². The van der Waals surface area contributed by atoms with Gasteiger partial charge < -0.3 is 14.9 Å². The Balaban J connectivity index is 1.62. The van der Waals surface area contributed by atoms with Crippen molar-refractivity contribution in [2.45, 2.75) is 45.6 Å². The van der Waals surface area contributed by atoms with Crippen molar-refractivity contribution in [2.24, 2.45) is 11.8 Å². The number of carbonyl (C=O) groups excluding carboxylic acids is 1. The molecule has 0 bridgehead atoms. The van der Waals surface area contributed by atoms with Gasteiger partial charge in [-0.25, -0.2) is 0 Å². The number of carbonyl (C=O) groups is 1. The largest absolute Gasteiger partial charge is 0.396 e. The highest BCUT2D eigenvalue weighted by atomic mass is 16.3. The van der Waals surface area contributed by atoms with Crippen molar-refractivity contribution in [3.05, 3.63) is 18.0 Å². The average molecular weight is 348 g/mol. The number of aromatic nitrogens is 2. The van der Waals surface area contributed by atoms with E-state index in [2.05, 4.69) is 23.8 Å². The maximum atomic E-state index is 12.8. The zero-order chi connectivity index (χ0) is 17.8. The summed E-state index contributed by atoms with van der Waals surface area (Å²) in [4.78, 5) is 17.3. The van der Waals surface area contributed by atoms with E-state index in [0.717, 1.165) is 26.2 Å². The third-order valence-corrected chi connectivity index (χ3v) is 5.67. The average Bonchev–Trinajstić information content (AvgIpc) is 3.16. The molecule has 2 unspecified atom stereocenters. The van der Waals surface area contributed by atoms with Crippen molar-refractivity contribution < 1.29 is 9.90 Å². The maximum absolute atomic E-state index is 12.8. The van der Waals surface area contributed by atoms with Crippen LogP contribution in [0.4, 0.5) is 0 Å². The topological polar surface area (TPSA) is 61.6 Å². The summed E-state index contributed by atoms with van der Waals surface area (Å²) in [5.41, 5.74) is 0.654. The third-order valence-electron chi connectivity index (χ3n) is 5.67. The Bertz CT molecular complexity index is 564. The van der Waals surface area contributed by atoms with Crippen molar-refractivity contribution in [1.29, 1.82) is 0 Å². The second-order valence-corrected chi connectivity index (χ2v) is 7.93. The molecule has 3 heterocycles. The molecule has 1 aromatic heterocycles. The van der Waals surface area contributed by atoms with Crippen LogP contribution >= 0.6 is 0 Å². The highest BCUT2D eigenvalue weighted by molar-refractivity contribution is 5.93. The van der Waals surface area contributed by atoms with Gasteiger partial charge in [-0.05, 0) is 45.7 Å². The fourth-order valence-electron chi connectivity index (χ4n) is 4.08. The molecule has 0 saturated carbocycles. The summed E-state index contributed by atoms with van der Waals surface area (Å²) < 4.78 is 1.82. The second-order valence-electron chi connectivity index (χ2n) is 7.93. The third kappa shape index (κ3) is 4.42. The summed E-state index contributed by atoms with van der Waals surface area (Å²) >= 11 is 0. The lowest BCUT2D eigenvalue weighted by molar-refractivity contribution is 0.0779. The summed E-state index contributed by atoms with van der Waals surface area (Å²) in [5.74, 6) is 0.600. The molecular weight excluding hydrogens is 316 g/mol. The number of aliphatic hydroxyl groups excluding tert-OH is 1. The van der Waals surface area contributed by atoms with Gasteiger partial charge in [0.2, 0.25) is 0 Å². The lowest BCUT2D eigenvalue weighted by Crippen LogP contribution is -2.35. The van der Waals surface area contributed by atoms with Crippen LogP contribution in [-0.2, 0) is 0 Å². The molecule has 2 aliphatic heterocycles. The minimum atomic E-state index is 0.0451. The first kappa shape index (κ1) is 18.4. The van der Waals surface area contributed by atoms with E-state index in [9.17, 15) is 9.90 Å². The Morgan fingerprint density at radius 3 is 2.48 bits per heavy atom. The molecule has 0 spiro atoms. The number of rotatable bonds is 5. The molecule has 25 heavy (non-hydrogen) atoms. The van der Waals surface area contributed by atoms with E-state index < -0.39 is 0 Å². The Kier molecular flexibility index (Phi) is 6.12. The quantitative estimate of drug-likeness (QED) is 0.884. The van der Waals surface area contributed by atoms with Gasteiger partial charge in [-0.1, -0.05) is 12.8 Å². The van der Waals surface area contributed by atoms with Crippen LogP contribution in [0, 0.1) is 11.8 Å². The predicted octanol–water partition coefficient (Wildman–Crippen LogP) is 2.02. The minimum Gasteiger partial charge on any atom is -0.396 e. The van der Waals surface area contributed by atoms with E-state index in [1.807, 2.05) is 15.8 Å². The van der Waals surface area contributed by atoms with Crippen LogP contribution in [0.15, 0.2) is 12.4 Å². The van der Waals surface area contributed by atoms with Crippen LogP contribution in [0.5, 0.6) is 0 Å². The van der Waals surface area contributed by atoms with E-state index in [-0.39, 0.29) is 24.5 Å². The summed E-state index contributed by atoms with van der Waals surface area (Å²) in [5, 5.41) is 14.1. The van der Waals surface area contributed by atoms with Gasteiger partial charge in [-0.3, -0.25) is 9.48 Å². The number of likely N-dealkylation sites (tertiary alicyclic amines) is 2. The summed E-state index contributed by atoms with van der Waals surface area (Å²) in [6.07, 6.45) is 8.70. The summed E-state index contributed by atoms with van der Waals surface area (Å²) in [6, 6.07) is 0.251. The Labute approximate surface area is 150 Å². The van der Waals surface area contributed by atoms with Gasteiger partial charge in [0.25, 0.3) is 5.91 Å². The molecule has 2 atom stereocenters. The number of aliphatic hydroxyl groups is 1. The Morgan fingerprint density at radius 2 is 1.88 bits per heavy atom. The molecule has 1 aromatic rings. The normalized spacial score (nSPS) is 25.5. The van der Waals surface area contributed by atoms with Gasteiger partial charge in [-0.15, -0.1) is 0 Å². The highest BCUT2D eigenvalue weighted by Crippen LogP contribution is 2.26. The Morgan fingerprint density at radius 1 is 1.20 bits per heavy atom. The molecule has 1 amide bonds. The van der Waals surface area contributed by atoms with Crippen molar-refractivity contribution in [3.63, 3.8) is 0 Å². The molecule has 140 valence electrons. The highest BCUT2D eigenvalue weighted by Gasteiger charge is 2.36. The number of nitrogens with zero attached hydrogens (tertiary/aromatic N) is 4. The van der Waals surface area contributed by atoms with Gasteiger partial charge in [-0.2, -0.15) is 5.10 Å². The zero-order valence-corrected chi connectivity index (χ0v) is 15.6. The number of amides is 1. The predicted molar refractivity (Wildman–Crippen MR) is 97.5 cm³/mol. The molecule has 0 aromatic carbocycles. The summed E-state index contributed by atoms with van der Waals surface area (Å²) in [6.45, 7) is 8.97. The van der Waals surface area contributed by atoms with E-state index in [4.69, 9.17) is 0 Å². The number of hydrogen-bond acceptors (Lipinski definition) is 4. The molecule has 3 rings (SSSR count). The molecule has 1 N–H and O–H groups in total. The lowest BCUT2D eigenvalue weighted by Gasteiger charge is -2.26. The van der Waals surface area contributed by atoms with Crippen molar-refractivity contribution >= 4 is 5.91 Å². The molecule has 6 nitrogen and oxygen atoms in total. The van der Waals surface area contributed by atoms with Crippen LogP contribution in [0.2, 0.25) is 0 Å². The monoisotopic (exact) mass is 348 g/mol. The SMILES string of the molecule is CC(C)n1cc(C(=O)N2CC(CO)C(CN3CCCCCC3)C2)cn1. The molecule has 6 heteroatoms. The lowest BCUT2D eigenvalue weighted by atomic mass is 9.96. The molecule has 2 saturated heterocycles. The zero-order valence-electron chi connectivity index (χ0n) is 15.6. The van der Waals surface area contributed by atoms with Crippen LogP contribution in [0.1, 0.15) is 55.9 Å². The van der Waals surface area contributed by atoms with E-state index in [1.165, 1.54) is 25.7 Å². The molecular formula is C19H32N4O2. The first-order valence-corrected chi connectivity index (χ1v) is 9.75. The summed E-state index contributed by atoms with van der Waals surface area (Å²) in [7, 11) is 0. The first-order valence-electron chi connectivity index (χ1n) is 9.75. The molecule has 2 aliphatic rings. The smallest absolute Gasteiger partial charge is 0.257 e. The van der Waals surface area contributed by atoms with Crippen molar-refractivity contribution in [3.8, 4) is 0 Å². The number of hydrogen-bond donors (Lipinski definition) is 1. The van der Waals surface area contributed by atoms with Gasteiger partial charge in [0, 0.05) is 44.4 Å². The van der Waals surface area contributed by atoms with Crippen molar-refractivity contribution in [2.75, 3.05) is 39.3 Å². The second kappa shape index (κ2) is 8.32. The van der Waals surface area contributed by atoms with Gasteiger partial charge in [0.15, 0.2) is 0 Å². The molecule has 0 radical (unpaired) electrons. The van der Waals surface area contributed by atoms with Gasteiger partial charge in [0.1, 0.15) is 0 Å². The first-order chi connectivity index (χ1) is 12.1. The van der Waals surface area contributed by atoms with Crippen LogP contribution in [0.25, 0.3) is 0 Å². The Hall–Kier alpha value is -1.40. The van der Waals surface area contributed by atoms with Crippen molar-refractivity contribution in [1.82, 2.24) is 19.6 Å². The molecule has 0 aliphatic carbocycles. The van der Waals surface area contributed by atoms with Crippen LogP contribution in [-0.4, -0.2) is 69.9 Å². The van der Waals surface area contributed by atoms with Crippen LogP contribution in [0.3, 0.4) is 0 Å². The fraction of sp³-hybridized carbons (Fsp3) is 0.789. The van der Waals surface area contributed by atoms with Crippen LogP contribution < -0.4 is 0 Å². The minimum absolute atomic E-state index is 0.0451.